The molecule has 0 bridgehead atoms. The van der Waals surface area contributed by atoms with Crippen molar-refractivity contribution in [3.8, 4) is 11.5 Å². The summed E-state index contributed by atoms with van der Waals surface area (Å²) in [4.78, 5) is 0. The van der Waals surface area contributed by atoms with Crippen LogP contribution >= 0.6 is 0 Å². The Morgan fingerprint density at radius 2 is 1.52 bits per heavy atom. The van der Waals surface area contributed by atoms with E-state index in [0.29, 0.717) is 0 Å². The molecule has 23 heavy (non-hydrogen) atoms. The molecular formula is C20H19NO2. The average molecular weight is 305 g/mol. The van der Waals surface area contributed by atoms with Crippen LogP contribution in [0.25, 0.3) is 10.8 Å². The number of nitrogens with one attached hydrogen (secondary N) is 1. The highest BCUT2D eigenvalue weighted by molar-refractivity contribution is 5.88. The van der Waals surface area contributed by atoms with Crippen LogP contribution in [0.3, 0.4) is 0 Å². The summed E-state index contributed by atoms with van der Waals surface area (Å²) in [5.74, 6) is 1.64. The van der Waals surface area contributed by atoms with Gasteiger partial charge in [0.05, 0.1) is 20.3 Å². The maximum Gasteiger partial charge on any atom is 0.122 e. The second-order valence-electron chi connectivity index (χ2n) is 5.90. The number of anilines is 1. The van der Waals surface area contributed by atoms with Crippen molar-refractivity contribution in [1.29, 1.82) is 0 Å². The van der Waals surface area contributed by atoms with Gasteiger partial charge in [-0.05, 0) is 52.6 Å². The van der Waals surface area contributed by atoms with Crippen molar-refractivity contribution >= 4 is 16.5 Å². The number of hydrogen-bond donors (Lipinski definition) is 1. The molecule has 0 spiro atoms. The van der Waals surface area contributed by atoms with Crippen molar-refractivity contribution in [2.75, 3.05) is 19.5 Å². The first kappa shape index (κ1) is 13.9. The number of rotatable bonds is 3. The third-order valence-electron chi connectivity index (χ3n) is 4.50. The molecule has 3 aromatic rings. The van der Waals surface area contributed by atoms with Crippen LogP contribution in [-0.2, 0) is 6.42 Å². The van der Waals surface area contributed by atoms with Crippen LogP contribution in [0.15, 0.2) is 54.6 Å². The van der Waals surface area contributed by atoms with Gasteiger partial charge in [-0.25, -0.2) is 0 Å². The molecule has 0 aliphatic carbocycles. The summed E-state index contributed by atoms with van der Waals surface area (Å²) in [6.45, 7) is 0. The fourth-order valence-corrected chi connectivity index (χ4v) is 3.28. The van der Waals surface area contributed by atoms with Crippen molar-refractivity contribution in [2.24, 2.45) is 0 Å². The standard InChI is InChI=1S/C20H19NO2/c1-22-17-8-16(9-18(12-17)23-2)20-11-15-7-13-5-3-4-6-14(13)10-19(15)21-20/h3-10,12,20-21H,11H2,1-2H3. The van der Waals surface area contributed by atoms with Crippen molar-refractivity contribution < 1.29 is 9.47 Å². The topological polar surface area (TPSA) is 30.5 Å². The van der Waals surface area contributed by atoms with E-state index < -0.39 is 0 Å². The van der Waals surface area contributed by atoms with Gasteiger partial charge in [0.2, 0.25) is 0 Å². The Hall–Kier alpha value is -2.68. The predicted molar refractivity (Wildman–Crippen MR) is 93.6 cm³/mol. The maximum absolute atomic E-state index is 5.39. The number of ether oxygens (including phenoxy) is 2. The van der Waals surface area contributed by atoms with E-state index in [1.54, 1.807) is 14.2 Å². The first-order valence-electron chi connectivity index (χ1n) is 7.78. The zero-order chi connectivity index (χ0) is 15.8. The Kier molecular flexibility index (Phi) is 3.34. The summed E-state index contributed by atoms with van der Waals surface area (Å²) >= 11 is 0. The molecule has 3 heteroatoms. The second kappa shape index (κ2) is 5.51. The van der Waals surface area contributed by atoms with E-state index in [4.69, 9.17) is 9.47 Å². The van der Waals surface area contributed by atoms with Gasteiger partial charge in [0.25, 0.3) is 0 Å². The van der Waals surface area contributed by atoms with Crippen LogP contribution in [0.2, 0.25) is 0 Å². The van der Waals surface area contributed by atoms with Crippen molar-refractivity contribution in [1.82, 2.24) is 0 Å². The van der Waals surface area contributed by atoms with E-state index in [-0.39, 0.29) is 6.04 Å². The zero-order valence-electron chi connectivity index (χ0n) is 13.3. The van der Waals surface area contributed by atoms with Gasteiger partial charge in [0, 0.05) is 11.8 Å². The lowest BCUT2D eigenvalue weighted by Crippen LogP contribution is -2.06. The monoisotopic (exact) mass is 305 g/mol. The van der Waals surface area contributed by atoms with Crippen LogP contribution in [0.4, 0.5) is 5.69 Å². The molecule has 0 radical (unpaired) electrons. The number of benzene rings is 3. The fraction of sp³-hybridized carbons (Fsp3) is 0.200. The molecule has 0 amide bonds. The minimum absolute atomic E-state index is 0.241. The first-order valence-corrected chi connectivity index (χ1v) is 7.78. The molecule has 0 fully saturated rings. The van der Waals surface area contributed by atoms with Gasteiger partial charge < -0.3 is 14.8 Å². The second-order valence-corrected chi connectivity index (χ2v) is 5.90. The third kappa shape index (κ3) is 2.48. The molecule has 0 saturated heterocycles. The van der Waals surface area contributed by atoms with Crippen LogP contribution < -0.4 is 14.8 Å². The summed E-state index contributed by atoms with van der Waals surface area (Å²) in [7, 11) is 3.37. The summed E-state index contributed by atoms with van der Waals surface area (Å²) in [6.07, 6.45) is 0.969. The highest BCUT2D eigenvalue weighted by Crippen LogP contribution is 2.38. The number of fused-ring (bicyclic) bond motifs is 2. The summed E-state index contributed by atoms with van der Waals surface area (Å²) in [5.41, 5.74) is 3.76. The van der Waals surface area contributed by atoms with E-state index >= 15 is 0 Å². The molecular weight excluding hydrogens is 286 g/mol. The molecule has 0 saturated carbocycles. The zero-order valence-corrected chi connectivity index (χ0v) is 13.3. The average Bonchev–Trinajstić information content (AvgIpc) is 3.02. The Morgan fingerprint density at radius 1 is 0.870 bits per heavy atom. The van der Waals surface area contributed by atoms with Gasteiger partial charge in [-0.15, -0.1) is 0 Å². The Morgan fingerprint density at radius 3 is 2.17 bits per heavy atom. The van der Waals surface area contributed by atoms with Crippen molar-refractivity contribution in [3.05, 3.63) is 65.7 Å². The summed E-state index contributed by atoms with van der Waals surface area (Å²) in [6, 6.07) is 19.3. The first-order chi connectivity index (χ1) is 11.3. The molecule has 1 aliphatic rings. The predicted octanol–water partition coefficient (Wildman–Crippen LogP) is 4.57. The van der Waals surface area contributed by atoms with E-state index in [1.807, 2.05) is 6.07 Å². The molecule has 1 aliphatic heterocycles. The van der Waals surface area contributed by atoms with Gasteiger partial charge in [0.15, 0.2) is 0 Å². The van der Waals surface area contributed by atoms with E-state index in [1.165, 1.54) is 27.6 Å². The van der Waals surface area contributed by atoms with E-state index in [9.17, 15) is 0 Å². The summed E-state index contributed by atoms with van der Waals surface area (Å²) in [5, 5.41) is 6.19. The lowest BCUT2D eigenvalue weighted by Gasteiger charge is -2.14. The number of hydrogen-bond acceptors (Lipinski definition) is 3. The molecule has 1 N–H and O–H groups in total. The SMILES string of the molecule is COc1cc(OC)cc(C2Cc3cc4ccccc4cc3N2)c1. The van der Waals surface area contributed by atoms with E-state index in [0.717, 1.165) is 17.9 Å². The van der Waals surface area contributed by atoms with Gasteiger partial charge >= 0.3 is 0 Å². The third-order valence-corrected chi connectivity index (χ3v) is 4.50. The largest absolute Gasteiger partial charge is 0.497 e. The van der Waals surface area contributed by atoms with Gasteiger partial charge in [0.1, 0.15) is 11.5 Å². The van der Waals surface area contributed by atoms with Crippen molar-refractivity contribution in [2.45, 2.75) is 12.5 Å². The van der Waals surface area contributed by atoms with Crippen LogP contribution in [-0.4, -0.2) is 14.2 Å². The Balaban J connectivity index is 1.71. The van der Waals surface area contributed by atoms with Gasteiger partial charge in [-0.2, -0.15) is 0 Å². The molecule has 3 aromatic carbocycles. The molecule has 4 rings (SSSR count). The fourth-order valence-electron chi connectivity index (χ4n) is 3.28. The van der Waals surface area contributed by atoms with E-state index in [2.05, 4.69) is 53.8 Å². The Labute approximate surface area is 135 Å². The van der Waals surface area contributed by atoms with Crippen molar-refractivity contribution in [3.63, 3.8) is 0 Å². The van der Waals surface area contributed by atoms with Crippen LogP contribution in [0.1, 0.15) is 17.2 Å². The van der Waals surface area contributed by atoms with Gasteiger partial charge in [-0.1, -0.05) is 24.3 Å². The van der Waals surface area contributed by atoms with Gasteiger partial charge in [-0.3, -0.25) is 0 Å². The normalized spacial score (nSPS) is 16.0. The highest BCUT2D eigenvalue weighted by Gasteiger charge is 2.23. The molecule has 0 aromatic heterocycles. The smallest absolute Gasteiger partial charge is 0.122 e. The lowest BCUT2D eigenvalue weighted by molar-refractivity contribution is 0.393. The van der Waals surface area contributed by atoms with Crippen LogP contribution in [0, 0.1) is 0 Å². The lowest BCUT2D eigenvalue weighted by atomic mass is 10.0. The molecule has 1 heterocycles. The maximum atomic E-state index is 5.39. The quantitative estimate of drug-likeness (QED) is 0.769. The minimum Gasteiger partial charge on any atom is -0.497 e. The van der Waals surface area contributed by atoms with Crippen LogP contribution in [0.5, 0.6) is 11.5 Å². The molecule has 116 valence electrons. The minimum atomic E-state index is 0.241. The molecule has 3 nitrogen and oxygen atoms in total. The number of methoxy groups -OCH3 is 2. The molecule has 1 unspecified atom stereocenters. The Bertz CT molecular complexity index is 806. The summed E-state index contributed by atoms with van der Waals surface area (Å²) < 4.78 is 10.8. The highest BCUT2D eigenvalue weighted by atomic mass is 16.5. The molecule has 1 atom stereocenters.